The third kappa shape index (κ3) is 2.59. The van der Waals surface area contributed by atoms with Gasteiger partial charge in [0.1, 0.15) is 0 Å². The standard InChI is InChI=1S/C16H10Cl2N2O2S2/c1-24(21,22)10-3-5-14-15(7-10)23-16-19-13(8-20(14)16)9-2-4-11(17)12(18)6-9/h2-8H,1H3. The number of fused-ring (bicyclic) bond motifs is 3. The van der Waals surface area contributed by atoms with E-state index in [1.54, 1.807) is 30.3 Å². The third-order valence-corrected chi connectivity index (χ3v) is 6.58. The first-order valence-corrected chi connectivity index (χ1v) is 10.4. The lowest BCUT2D eigenvalue weighted by molar-refractivity contribution is 0.602. The molecule has 8 heteroatoms. The van der Waals surface area contributed by atoms with Crippen molar-refractivity contribution in [2.45, 2.75) is 4.90 Å². The molecule has 2 aromatic carbocycles. The molecule has 0 atom stereocenters. The molecule has 0 aliphatic heterocycles. The Morgan fingerprint density at radius 3 is 2.58 bits per heavy atom. The van der Waals surface area contributed by atoms with Gasteiger partial charge in [-0.1, -0.05) is 40.6 Å². The summed E-state index contributed by atoms with van der Waals surface area (Å²) in [6, 6.07) is 10.5. The second kappa shape index (κ2) is 5.46. The van der Waals surface area contributed by atoms with Crippen molar-refractivity contribution < 1.29 is 8.42 Å². The van der Waals surface area contributed by atoms with Gasteiger partial charge in [-0.05, 0) is 30.3 Å². The van der Waals surface area contributed by atoms with Crippen LogP contribution >= 0.6 is 34.5 Å². The van der Waals surface area contributed by atoms with Crippen molar-refractivity contribution in [3.8, 4) is 11.3 Å². The van der Waals surface area contributed by atoms with Crippen LogP contribution in [0.3, 0.4) is 0 Å². The van der Waals surface area contributed by atoms with Gasteiger partial charge in [0.05, 0.1) is 30.9 Å². The lowest BCUT2D eigenvalue weighted by Gasteiger charge is -2.00. The molecule has 4 rings (SSSR count). The summed E-state index contributed by atoms with van der Waals surface area (Å²) in [7, 11) is -3.22. The molecular weight excluding hydrogens is 387 g/mol. The lowest BCUT2D eigenvalue weighted by Crippen LogP contribution is -1.96. The Hall–Kier alpha value is -1.60. The Balaban J connectivity index is 1.89. The van der Waals surface area contributed by atoms with E-state index in [0.29, 0.717) is 14.9 Å². The van der Waals surface area contributed by atoms with Crippen LogP contribution in [-0.4, -0.2) is 24.1 Å². The SMILES string of the molecule is CS(=O)(=O)c1ccc2c(c1)sc1nc(-c3ccc(Cl)c(Cl)c3)cn12. The summed E-state index contributed by atoms with van der Waals surface area (Å²) in [4.78, 5) is 5.71. The molecule has 0 radical (unpaired) electrons. The predicted molar refractivity (Wildman–Crippen MR) is 99.1 cm³/mol. The smallest absolute Gasteiger partial charge is 0.195 e. The van der Waals surface area contributed by atoms with Gasteiger partial charge in [-0.15, -0.1) is 0 Å². The molecule has 0 bridgehead atoms. The molecule has 2 heterocycles. The van der Waals surface area contributed by atoms with E-state index < -0.39 is 9.84 Å². The molecule has 0 fully saturated rings. The minimum Gasteiger partial charge on any atom is -0.290 e. The quantitative estimate of drug-likeness (QED) is 0.482. The molecule has 0 saturated carbocycles. The number of benzene rings is 2. The second-order valence-corrected chi connectivity index (χ2v) is 9.25. The molecule has 24 heavy (non-hydrogen) atoms. The van der Waals surface area contributed by atoms with Crippen molar-refractivity contribution in [2.75, 3.05) is 6.26 Å². The van der Waals surface area contributed by atoms with E-state index in [1.807, 2.05) is 16.7 Å². The number of hydrogen-bond acceptors (Lipinski definition) is 4. The summed E-state index contributed by atoms with van der Waals surface area (Å²) in [6.07, 6.45) is 3.11. The van der Waals surface area contributed by atoms with E-state index in [0.717, 1.165) is 26.4 Å². The summed E-state index contributed by atoms with van der Waals surface area (Å²) in [6.45, 7) is 0. The van der Waals surface area contributed by atoms with E-state index in [-0.39, 0.29) is 0 Å². The average molecular weight is 397 g/mol. The molecule has 0 spiro atoms. The number of nitrogens with zero attached hydrogens (tertiary/aromatic N) is 2. The molecule has 4 nitrogen and oxygen atoms in total. The number of halogens is 2. The molecule has 0 saturated heterocycles. The minimum atomic E-state index is -3.22. The van der Waals surface area contributed by atoms with Gasteiger partial charge in [-0.2, -0.15) is 0 Å². The Labute approximate surface area is 152 Å². The fourth-order valence-corrected chi connectivity index (χ4v) is 4.57. The highest BCUT2D eigenvalue weighted by Crippen LogP contribution is 2.33. The Morgan fingerprint density at radius 1 is 1.08 bits per heavy atom. The van der Waals surface area contributed by atoms with Crippen molar-refractivity contribution in [3.05, 3.63) is 52.6 Å². The van der Waals surface area contributed by atoms with Crippen LogP contribution in [0.5, 0.6) is 0 Å². The molecule has 0 amide bonds. The topological polar surface area (TPSA) is 51.4 Å². The highest BCUT2D eigenvalue weighted by molar-refractivity contribution is 7.90. The van der Waals surface area contributed by atoms with Crippen LogP contribution in [0, 0.1) is 0 Å². The van der Waals surface area contributed by atoms with E-state index in [2.05, 4.69) is 4.98 Å². The number of aromatic nitrogens is 2. The zero-order valence-electron chi connectivity index (χ0n) is 12.3. The number of hydrogen-bond donors (Lipinski definition) is 0. The van der Waals surface area contributed by atoms with Crippen LogP contribution in [-0.2, 0) is 9.84 Å². The molecule has 0 aliphatic rings. The Morgan fingerprint density at radius 2 is 1.88 bits per heavy atom. The van der Waals surface area contributed by atoms with Crippen LogP contribution in [0.15, 0.2) is 47.5 Å². The highest BCUT2D eigenvalue weighted by Gasteiger charge is 2.14. The van der Waals surface area contributed by atoms with Gasteiger partial charge in [-0.25, -0.2) is 13.4 Å². The van der Waals surface area contributed by atoms with Gasteiger partial charge in [-0.3, -0.25) is 4.40 Å². The van der Waals surface area contributed by atoms with Gasteiger partial charge in [0, 0.05) is 18.0 Å². The first-order valence-electron chi connectivity index (χ1n) is 6.90. The van der Waals surface area contributed by atoms with Gasteiger partial charge in [0.25, 0.3) is 0 Å². The van der Waals surface area contributed by atoms with Crippen molar-refractivity contribution in [1.29, 1.82) is 0 Å². The van der Waals surface area contributed by atoms with Crippen molar-refractivity contribution in [3.63, 3.8) is 0 Å². The number of rotatable bonds is 2. The summed E-state index contributed by atoms with van der Waals surface area (Å²) < 4.78 is 26.2. The minimum absolute atomic E-state index is 0.309. The monoisotopic (exact) mass is 396 g/mol. The summed E-state index contributed by atoms with van der Waals surface area (Å²) in [5.74, 6) is 0. The van der Waals surface area contributed by atoms with E-state index in [4.69, 9.17) is 23.2 Å². The molecular formula is C16H10Cl2N2O2S2. The van der Waals surface area contributed by atoms with Crippen LogP contribution in [0.25, 0.3) is 26.4 Å². The fourth-order valence-electron chi connectivity index (χ4n) is 2.51. The maximum atomic E-state index is 11.7. The maximum Gasteiger partial charge on any atom is 0.195 e. The molecule has 2 aromatic heterocycles. The molecule has 122 valence electrons. The van der Waals surface area contributed by atoms with E-state index in [1.165, 1.54) is 17.6 Å². The zero-order chi connectivity index (χ0) is 17.1. The highest BCUT2D eigenvalue weighted by atomic mass is 35.5. The van der Waals surface area contributed by atoms with Gasteiger partial charge in [0.15, 0.2) is 14.8 Å². The van der Waals surface area contributed by atoms with Crippen LogP contribution in [0.4, 0.5) is 0 Å². The van der Waals surface area contributed by atoms with Crippen molar-refractivity contribution in [2.24, 2.45) is 0 Å². The number of sulfone groups is 1. The molecule has 0 unspecified atom stereocenters. The van der Waals surface area contributed by atoms with Crippen LogP contribution in [0.1, 0.15) is 0 Å². The third-order valence-electron chi connectivity index (χ3n) is 3.71. The number of imidazole rings is 1. The fraction of sp³-hybridized carbons (Fsp3) is 0.0625. The van der Waals surface area contributed by atoms with Crippen LogP contribution < -0.4 is 0 Å². The van der Waals surface area contributed by atoms with Gasteiger partial charge in [0.2, 0.25) is 0 Å². The summed E-state index contributed by atoms with van der Waals surface area (Å²) >= 11 is 13.5. The molecule has 4 aromatic rings. The van der Waals surface area contributed by atoms with Crippen molar-refractivity contribution >= 4 is 59.6 Å². The first-order chi connectivity index (χ1) is 11.3. The largest absolute Gasteiger partial charge is 0.290 e. The van der Waals surface area contributed by atoms with Crippen molar-refractivity contribution in [1.82, 2.24) is 9.38 Å². The van der Waals surface area contributed by atoms with Crippen LogP contribution in [0.2, 0.25) is 10.0 Å². The number of thiazole rings is 1. The Bertz CT molecular complexity index is 1210. The first kappa shape index (κ1) is 15.9. The zero-order valence-corrected chi connectivity index (χ0v) is 15.5. The summed E-state index contributed by atoms with van der Waals surface area (Å²) in [5, 5.41) is 0.980. The van der Waals surface area contributed by atoms with Gasteiger partial charge >= 0.3 is 0 Å². The molecule has 0 N–H and O–H groups in total. The van der Waals surface area contributed by atoms with E-state index >= 15 is 0 Å². The Kier molecular flexibility index (Phi) is 3.61. The average Bonchev–Trinajstić information content (AvgIpc) is 3.06. The lowest BCUT2D eigenvalue weighted by atomic mass is 10.2. The normalized spacial score (nSPS) is 12.3. The maximum absolute atomic E-state index is 11.7. The second-order valence-electron chi connectivity index (χ2n) is 5.41. The van der Waals surface area contributed by atoms with Gasteiger partial charge < -0.3 is 0 Å². The molecule has 0 aliphatic carbocycles. The predicted octanol–water partition coefficient (Wildman–Crippen LogP) is 4.93. The van der Waals surface area contributed by atoms with E-state index in [9.17, 15) is 8.42 Å². The summed E-state index contributed by atoms with van der Waals surface area (Å²) in [5.41, 5.74) is 2.58.